The van der Waals surface area contributed by atoms with Gasteiger partial charge in [-0.15, -0.1) is 0 Å². The van der Waals surface area contributed by atoms with E-state index >= 15 is 0 Å². The maximum atomic E-state index is 10.5. The van der Waals surface area contributed by atoms with Crippen LogP contribution in [0.2, 0.25) is 0 Å². The lowest BCUT2D eigenvalue weighted by atomic mass is 9.93. The SMILES string of the molecule is Oc1ccc2ccccc2c1-c1ccc(-c2c(O)ccc3ccccc23)cc1. The molecule has 5 rings (SSSR count). The molecule has 134 valence electrons. The fourth-order valence-electron chi connectivity index (χ4n) is 3.93. The number of phenolic OH excluding ortho intramolecular Hbond substituents is 2. The molecular formula is C26H18O2. The molecule has 0 atom stereocenters. The molecule has 28 heavy (non-hydrogen) atoms. The Hall–Kier alpha value is -3.78. The molecule has 0 aliphatic heterocycles. The van der Waals surface area contributed by atoms with Crippen LogP contribution in [-0.2, 0) is 0 Å². The van der Waals surface area contributed by atoms with Gasteiger partial charge in [0.2, 0.25) is 0 Å². The quantitative estimate of drug-likeness (QED) is 0.365. The fraction of sp³-hybridized carbons (Fsp3) is 0. The lowest BCUT2D eigenvalue weighted by Gasteiger charge is -2.12. The van der Waals surface area contributed by atoms with E-state index in [1.165, 1.54) is 0 Å². The van der Waals surface area contributed by atoms with Gasteiger partial charge in [0.1, 0.15) is 11.5 Å². The van der Waals surface area contributed by atoms with Crippen molar-refractivity contribution in [3.05, 3.63) is 97.1 Å². The van der Waals surface area contributed by atoms with Crippen molar-refractivity contribution in [3.63, 3.8) is 0 Å². The Labute approximate surface area is 162 Å². The zero-order valence-corrected chi connectivity index (χ0v) is 15.1. The summed E-state index contributed by atoms with van der Waals surface area (Å²) < 4.78 is 0. The predicted molar refractivity (Wildman–Crippen MR) is 116 cm³/mol. The summed E-state index contributed by atoms with van der Waals surface area (Å²) in [4.78, 5) is 0. The summed E-state index contributed by atoms with van der Waals surface area (Å²) in [6.07, 6.45) is 0. The minimum atomic E-state index is 0.263. The fourth-order valence-corrected chi connectivity index (χ4v) is 3.93. The van der Waals surface area contributed by atoms with E-state index in [-0.39, 0.29) is 11.5 Å². The first-order chi connectivity index (χ1) is 13.7. The monoisotopic (exact) mass is 362 g/mol. The van der Waals surface area contributed by atoms with Crippen molar-refractivity contribution < 1.29 is 10.2 Å². The molecule has 2 N–H and O–H groups in total. The van der Waals surface area contributed by atoms with Crippen LogP contribution in [0.1, 0.15) is 0 Å². The van der Waals surface area contributed by atoms with Crippen LogP contribution in [0.15, 0.2) is 97.1 Å². The largest absolute Gasteiger partial charge is 0.507 e. The van der Waals surface area contributed by atoms with Gasteiger partial charge in [-0.2, -0.15) is 0 Å². The maximum absolute atomic E-state index is 10.5. The van der Waals surface area contributed by atoms with Crippen molar-refractivity contribution in [1.29, 1.82) is 0 Å². The molecule has 0 radical (unpaired) electrons. The topological polar surface area (TPSA) is 40.5 Å². The Kier molecular flexibility index (Phi) is 3.77. The van der Waals surface area contributed by atoms with Crippen molar-refractivity contribution in [2.45, 2.75) is 0 Å². The Morgan fingerprint density at radius 2 is 0.786 bits per heavy atom. The lowest BCUT2D eigenvalue weighted by Crippen LogP contribution is -1.86. The standard InChI is InChI=1S/C26H18O2/c27-23-15-13-17-5-1-3-7-21(17)25(23)19-9-11-20(12-10-19)26-22-8-4-2-6-18(22)14-16-24(26)28/h1-16,27-28H. The van der Waals surface area contributed by atoms with Crippen LogP contribution in [0.4, 0.5) is 0 Å². The molecule has 0 saturated carbocycles. The van der Waals surface area contributed by atoms with Crippen LogP contribution in [0.5, 0.6) is 11.5 Å². The van der Waals surface area contributed by atoms with Crippen molar-refractivity contribution in [2.75, 3.05) is 0 Å². The van der Waals surface area contributed by atoms with E-state index in [1.54, 1.807) is 12.1 Å². The molecule has 5 aromatic rings. The number of phenols is 2. The van der Waals surface area contributed by atoms with Gasteiger partial charge in [0.15, 0.2) is 0 Å². The Balaban J connectivity index is 1.68. The predicted octanol–water partition coefficient (Wildman–Crippen LogP) is 6.74. The number of rotatable bonds is 2. The molecule has 0 spiro atoms. The molecule has 0 aromatic heterocycles. The van der Waals surface area contributed by atoms with E-state index in [9.17, 15) is 10.2 Å². The van der Waals surface area contributed by atoms with Gasteiger partial charge in [0.25, 0.3) is 0 Å². The summed E-state index contributed by atoms with van der Waals surface area (Å²) in [5, 5.41) is 25.2. The third-order valence-corrected chi connectivity index (χ3v) is 5.28. The molecule has 0 heterocycles. The van der Waals surface area contributed by atoms with Crippen LogP contribution in [-0.4, -0.2) is 10.2 Å². The number of hydrogen-bond acceptors (Lipinski definition) is 2. The Bertz CT molecular complexity index is 1210. The first-order valence-corrected chi connectivity index (χ1v) is 9.24. The summed E-state index contributed by atoms with van der Waals surface area (Å²) >= 11 is 0. The van der Waals surface area contributed by atoms with E-state index in [4.69, 9.17) is 0 Å². The summed E-state index contributed by atoms with van der Waals surface area (Å²) in [6, 6.07) is 31.4. The second kappa shape index (κ2) is 6.43. The lowest BCUT2D eigenvalue weighted by molar-refractivity contribution is 0.477. The third-order valence-electron chi connectivity index (χ3n) is 5.28. The second-order valence-corrected chi connectivity index (χ2v) is 6.94. The van der Waals surface area contributed by atoms with Crippen LogP contribution in [0, 0.1) is 0 Å². The molecule has 0 bridgehead atoms. The minimum Gasteiger partial charge on any atom is -0.507 e. The average Bonchev–Trinajstić information content (AvgIpc) is 2.74. The summed E-state index contributed by atoms with van der Waals surface area (Å²) in [7, 11) is 0. The van der Waals surface area contributed by atoms with E-state index in [1.807, 2.05) is 84.9 Å². The molecule has 2 heteroatoms. The van der Waals surface area contributed by atoms with Crippen molar-refractivity contribution in [2.24, 2.45) is 0 Å². The van der Waals surface area contributed by atoms with Gasteiger partial charge >= 0.3 is 0 Å². The van der Waals surface area contributed by atoms with E-state index in [0.29, 0.717) is 0 Å². The Morgan fingerprint density at radius 1 is 0.393 bits per heavy atom. The van der Waals surface area contributed by atoms with Crippen molar-refractivity contribution in [3.8, 4) is 33.8 Å². The highest BCUT2D eigenvalue weighted by Crippen LogP contribution is 2.40. The molecule has 0 aliphatic rings. The van der Waals surface area contributed by atoms with E-state index < -0.39 is 0 Å². The van der Waals surface area contributed by atoms with Crippen LogP contribution in [0.25, 0.3) is 43.8 Å². The van der Waals surface area contributed by atoms with E-state index in [0.717, 1.165) is 43.8 Å². The highest BCUT2D eigenvalue weighted by molar-refractivity contribution is 6.02. The third kappa shape index (κ3) is 2.58. The van der Waals surface area contributed by atoms with Crippen molar-refractivity contribution in [1.82, 2.24) is 0 Å². The highest BCUT2D eigenvalue weighted by Gasteiger charge is 2.12. The van der Waals surface area contributed by atoms with Gasteiger partial charge in [0, 0.05) is 11.1 Å². The molecule has 5 aromatic carbocycles. The molecule has 0 aliphatic carbocycles. The number of fused-ring (bicyclic) bond motifs is 2. The van der Waals surface area contributed by atoms with Crippen molar-refractivity contribution >= 4 is 21.5 Å². The molecule has 2 nitrogen and oxygen atoms in total. The second-order valence-electron chi connectivity index (χ2n) is 6.94. The first kappa shape index (κ1) is 16.4. The number of benzene rings is 5. The zero-order valence-electron chi connectivity index (χ0n) is 15.1. The molecule has 0 fully saturated rings. The van der Waals surface area contributed by atoms with Gasteiger partial charge in [-0.3, -0.25) is 0 Å². The molecule has 0 amide bonds. The smallest absolute Gasteiger partial charge is 0.124 e. The zero-order chi connectivity index (χ0) is 19.1. The normalized spacial score (nSPS) is 11.1. The Morgan fingerprint density at radius 3 is 1.21 bits per heavy atom. The molecular weight excluding hydrogens is 344 g/mol. The molecule has 0 saturated heterocycles. The van der Waals surface area contributed by atoms with Gasteiger partial charge in [-0.05, 0) is 44.8 Å². The van der Waals surface area contributed by atoms with Gasteiger partial charge in [-0.25, -0.2) is 0 Å². The maximum Gasteiger partial charge on any atom is 0.124 e. The number of hydrogen-bond donors (Lipinski definition) is 2. The minimum absolute atomic E-state index is 0.263. The van der Waals surface area contributed by atoms with E-state index in [2.05, 4.69) is 0 Å². The summed E-state index contributed by atoms with van der Waals surface area (Å²) in [5.74, 6) is 0.527. The van der Waals surface area contributed by atoms with Crippen LogP contribution in [0.3, 0.4) is 0 Å². The van der Waals surface area contributed by atoms with Crippen LogP contribution >= 0.6 is 0 Å². The van der Waals surface area contributed by atoms with Gasteiger partial charge in [0.05, 0.1) is 0 Å². The average molecular weight is 362 g/mol. The van der Waals surface area contributed by atoms with Gasteiger partial charge < -0.3 is 10.2 Å². The summed E-state index contributed by atoms with van der Waals surface area (Å²) in [6.45, 7) is 0. The number of aromatic hydroxyl groups is 2. The van der Waals surface area contributed by atoms with Crippen LogP contribution < -0.4 is 0 Å². The van der Waals surface area contributed by atoms with Gasteiger partial charge in [-0.1, -0.05) is 84.9 Å². The molecule has 0 unspecified atom stereocenters. The highest BCUT2D eigenvalue weighted by atomic mass is 16.3. The summed E-state index contributed by atoms with van der Waals surface area (Å²) in [5.41, 5.74) is 3.54. The first-order valence-electron chi connectivity index (χ1n) is 9.24.